The Kier molecular flexibility index (Phi) is 7.56. The van der Waals surface area contributed by atoms with E-state index < -0.39 is 5.92 Å². The molecule has 1 aromatic carbocycles. The fourth-order valence-electron chi connectivity index (χ4n) is 2.19. The summed E-state index contributed by atoms with van der Waals surface area (Å²) in [5.41, 5.74) is 0.772. The normalized spacial score (nSPS) is 11.8. The molecule has 5 heteroatoms. The van der Waals surface area contributed by atoms with Gasteiger partial charge in [0.15, 0.2) is 0 Å². The first-order valence-corrected chi connectivity index (χ1v) is 7.91. The first kappa shape index (κ1) is 17.8. The highest BCUT2D eigenvalue weighted by Gasteiger charge is 2.24. The maximum atomic E-state index is 12.5. The van der Waals surface area contributed by atoms with Gasteiger partial charge in [0.1, 0.15) is 5.92 Å². The SMILES string of the molecule is CCCN(CCC)C(=O)C(C#N)Cc1ccc(Cl)cc1Cl. The van der Waals surface area contributed by atoms with Crippen LogP contribution < -0.4 is 0 Å². The zero-order chi connectivity index (χ0) is 15.8. The lowest BCUT2D eigenvalue weighted by Gasteiger charge is -2.24. The summed E-state index contributed by atoms with van der Waals surface area (Å²) < 4.78 is 0. The molecule has 0 fully saturated rings. The smallest absolute Gasteiger partial charge is 0.240 e. The molecule has 0 aromatic heterocycles. The minimum absolute atomic E-state index is 0.118. The van der Waals surface area contributed by atoms with Gasteiger partial charge in [-0.15, -0.1) is 0 Å². The lowest BCUT2D eigenvalue weighted by Crippen LogP contribution is -2.37. The monoisotopic (exact) mass is 326 g/mol. The van der Waals surface area contributed by atoms with Gasteiger partial charge in [-0.05, 0) is 37.0 Å². The first-order chi connectivity index (χ1) is 10.0. The number of carbonyl (C=O) groups is 1. The quantitative estimate of drug-likeness (QED) is 0.748. The number of amides is 1. The van der Waals surface area contributed by atoms with Crippen molar-refractivity contribution >= 4 is 29.1 Å². The molecule has 1 aromatic rings. The summed E-state index contributed by atoms with van der Waals surface area (Å²) in [5.74, 6) is -0.825. The van der Waals surface area contributed by atoms with Crippen LogP contribution in [-0.4, -0.2) is 23.9 Å². The van der Waals surface area contributed by atoms with Crippen molar-refractivity contribution < 1.29 is 4.79 Å². The summed E-state index contributed by atoms with van der Waals surface area (Å²) in [6.07, 6.45) is 2.08. The van der Waals surface area contributed by atoms with Gasteiger partial charge >= 0.3 is 0 Å². The standard InChI is InChI=1S/C16H20Cl2N2O/c1-3-7-20(8-4-2)16(21)13(11-19)9-12-5-6-14(17)10-15(12)18/h5-6,10,13H,3-4,7-9H2,1-2H3. The molecule has 114 valence electrons. The Labute approximate surface area is 136 Å². The molecule has 0 aliphatic rings. The number of nitriles is 1. The van der Waals surface area contributed by atoms with E-state index in [1.807, 2.05) is 13.8 Å². The summed E-state index contributed by atoms with van der Waals surface area (Å²) >= 11 is 12.0. The number of halogens is 2. The van der Waals surface area contributed by atoms with Gasteiger partial charge in [-0.3, -0.25) is 4.79 Å². The van der Waals surface area contributed by atoms with E-state index in [0.717, 1.165) is 18.4 Å². The Bertz CT molecular complexity index is 519. The molecule has 0 heterocycles. The first-order valence-electron chi connectivity index (χ1n) is 7.15. The number of hydrogen-bond donors (Lipinski definition) is 0. The van der Waals surface area contributed by atoms with E-state index in [1.165, 1.54) is 0 Å². The predicted octanol–water partition coefficient (Wildman–Crippen LogP) is 4.32. The third-order valence-electron chi connectivity index (χ3n) is 3.19. The Balaban J connectivity index is 2.86. The highest BCUT2D eigenvalue weighted by atomic mass is 35.5. The molecular formula is C16H20Cl2N2O. The van der Waals surface area contributed by atoms with E-state index in [1.54, 1.807) is 23.1 Å². The molecule has 0 bridgehead atoms. The molecule has 0 aliphatic heterocycles. The van der Waals surface area contributed by atoms with Crippen molar-refractivity contribution in [2.45, 2.75) is 33.1 Å². The van der Waals surface area contributed by atoms with Crippen LogP contribution in [0.2, 0.25) is 10.0 Å². The van der Waals surface area contributed by atoms with Gasteiger partial charge in [0, 0.05) is 23.1 Å². The molecule has 0 radical (unpaired) electrons. The van der Waals surface area contributed by atoms with Crippen molar-refractivity contribution in [3.05, 3.63) is 33.8 Å². The molecule has 3 nitrogen and oxygen atoms in total. The van der Waals surface area contributed by atoms with Gasteiger partial charge in [0.05, 0.1) is 6.07 Å². The lowest BCUT2D eigenvalue weighted by molar-refractivity contribution is -0.133. The number of benzene rings is 1. The zero-order valence-electron chi connectivity index (χ0n) is 12.4. The highest BCUT2D eigenvalue weighted by molar-refractivity contribution is 6.35. The number of rotatable bonds is 7. The molecular weight excluding hydrogens is 307 g/mol. The second-order valence-electron chi connectivity index (χ2n) is 4.95. The van der Waals surface area contributed by atoms with Gasteiger partial charge < -0.3 is 4.90 Å². The Morgan fingerprint density at radius 2 is 1.90 bits per heavy atom. The van der Waals surface area contributed by atoms with Crippen LogP contribution in [0.5, 0.6) is 0 Å². The average Bonchev–Trinajstić information content (AvgIpc) is 2.45. The van der Waals surface area contributed by atoms with Crippen molar-refractivity contribution in [1.82, 2.24) is 4.90 Å². The van der Waals surface area contributed by atoms with Crippen LogP contribution >= 0.6 is 23.2 Å². The fraction of sp³-hybridized carbons (Fsp3) is 0.500. The van der Waals surface area contributed by atoms with Crippen LogP contribution in [0, 0.1) is 17.2 Å². The molecule has 0 saturated heterocycles. The Morgan fingerprint density at radius 3 is 2.38 bits per heavy atom. The van der Waals surface area contributed by atoms with Crippen molar-refractivity contribution in [2.24, 2.45) is 5.92 Å². The summed E-state index contributed by atoms with van der Waals surface area (Å²) in [4.78, 5) is 14.2. The molecule has 1 unspecified atom stereocenters. The van der Waals surface area contributed by atoms with Crippen molar-refractivity contribution in [3.8, 4) is 6.07 Å². The van der Waals surface area contributed by atoms with E-state index in [9.17, 15) is 10.1 Å². The fourth-order valence-corrected chi connectivity index (χ4v) is 2.67. The van der Waals surface area contributed by atoms with Crippen molar-refractivity contribution in [2.75, 3.05) is 13.1 Å². The van der Waals surface area contributed by atoms with Gasteiger partial charge in [-0.25, -0.2) is 0 Å². The molecule has 21 heavy (non-hydrogen) atoms. The minimum Gasteiger partial charge on any atom is -0.342 e. The van der Waals surface area contributed by atoms with Gasteiger partial charge in [0.2, 0.25) is 5.91 Å². The van der Waals surface area contributed by atoms with E-state index in [-0.39, 0.29) is 5.91 Å². The summed E-state index contributed by atoms with van der Waals surface area (Å²) in [6, 6.07) is 7.23. The summed E-state index contributed by atoms with van der Waals surface area (Å²) in [6.45, 7) is 5.40. The average molecular weight is 327 g/mol. The molecule has 1 rings (SSSR count). The second-order valence-corrected chi connectivity index (χ2v) is 5.79. The topological polar surface area (TPSA) is 44.1 Å². The largest absolute Gasteiger partial charge is 0.342 e. The number of carbonyl (C=O) groups excluding carboxylic acids is 1. The lowest BCUT2D eigenvalue weighted by atomic mass is 9.99. The van der Waals surface area contributed by atoms with Gasteiger partial charge in [-0.2, -0.15) is 5.26 Å². The molecule has 0 aliphatic carbocycles. The Hall–Kier alpha value is -1.24. The van der Waals surface area contributed by atoms with Gasteiger partial charge in [-0.1, -0.05) is 43.1 Å². The number of hydrogen-bond acceptors (Lipinski definition) is 2. The van der Waals surface area contributed by atoms with Crippen LogP contribution in [0.15, 0.2) is 18.2 Å². The maximum absolute atomic E-state index is 12.5. The predicted molar refractivity (Wildman–Crippen MR) is 86.4 cm³/mol. The molecule has 0 N–H and O–H groups in total. The highest BCUT2D eigenvalue weighted by Crippen LogP contribution is 2.24. The van der Waals surface area contributed by atoms with E-state index in [2.05, 4.69) is 6.07 Å². The summed E-state index contributed by atoms with van der Waals surface area (Å²) in [5, 5.41) is 10.4. The van der Waals surface area contributed by atoms with E-state index in [0.29, 0.717) is 29.6 Å². The molecule has 1 atom stereocenters. The molecule has 0 spiro atoms. The van der Waals surface area contributed by atoms with Crippen LogP contribution in [0.3, 0.4) is 0 Å². The minimum atomic E-state index is -0.707. The van der Waals surface area contributed by atoms with Crippen LogP contribution in [0.1, 0.15) is 32.3 Å². The molecule has 1 amide bonds. The van der Waals surface area contributed by atoms with Crippen LogP contribution in [-0.2, 0) is 11.2 Å². The van der Waals surface area contributed by atoms with Crippen LogP contribution in [0.4, 0.5) is 0 Å². The molecule has 0 saturated carbocycles. The van der Waals surface area contributed by atoms with Crippen molar-refractivity contribution in [3.63, 3.8) is 0 Å². The summed E-state index contributed by atoms with van der Waals surface area (Å²) in [7, 11) is 0. The van der Waals surface area contributed by atoms with E-state index in [4.69, 9.17) is 23.2 Å². The van der Waals surface area contributed by atoms with Gasteiger partial charge in [0.25, 0.3) is 0 Å². The second kappa shape index (κ2) is 8.92. The van der Waals surface area contributed by atoms with Crippen LogP contribution in [0.25, 0.3) is 0 Å². The third kappa shape index (κ3) is 5.22. The van der Waals surface area contributed by atoms with E-state index >= 15 is 0 Å². The Morgan fingerprint density at radius 1 is 1.29 bits per heavy atom. The number of nitrogens with zero attached hydrogens (tertiary/aromatic N) is 2. The maximum Gasteiger partial charge on any atom is 0.240 e. The zero-order valence-corrected chi connectivity index (χ0v) is 13.9. The van der Waals surface area contributed by atoms with Crippen molar-refractivity contribution in [1.29, 1.82) is 5.26 Å². The third-order valence-corrected chi connectivity index (χ3v) is 3.78.